The molecule has 1 amide bonds. The van der Waals surface area contributed by atoms with Crippen LogP contribution < -0.4 is 4.74 Å². The number of aromatic nitrogens is 1. The van der Waals surface area contributed by atoms with Crippen molar-refractivity contribution < 1.29 is 17.9 Å². The highest BCUT2D eigenvalue weighted by Gasteiger charge is 2.30. The largest absolute Gasteiger partial charge is 0.497 e. The first-order valence-corrected chi connectivity index (χ1v) is 9.49. The van der Waals surface area contributed by atoms with Gasteiger partial charge in [0, 0.05) is 44.1 Å². The Balaban J connectivity index is 1.63. The van der Waals surface area contributed by atoms with Crippen molar-refractivity contribution in [1.29, 1.82) is 0 Å². The third-order valence-electron chi connectivity index (χ3n) is 4.27. The van der Waals surface area contributed by atoms with E-state index in [0.717, 1.165) is 5.69 Å². The highest BCUT2D eigenvalue weighted by atomic mass is 32.2. The number of amides is 1. The molecular weight excluding hydrogens is 342 g/mol. The van der Waals surface area contributed by atoms with Gasteiger partial charge in [0.05, 0.1) is 18.4 Å². The maximum atomic E-state index is 12.8. The molecule has 1 saturated heterocycles. The fraction of sp³-hybridized carbons (Fsp3) is 0.353. The predicted molar refractivity (Wildman–Crippen MR) is 92.8 cm³/mol. The number of nitrogens with zero attached hydrogens (tertiary/aromatic N) is 2. The number of benzene rings is 1. The number of ether oxygens (including phenoxy) is 1. The van der Waals surface area contributed by atoms with E-state index in [1.54, 1.807) is 29.3 Å². The molecule has 1 aromatic heterocycles. The van der Waals surface area contributed by atoms with Crippen molar-refractivity contribution in [2.24, 2.45) is 0 Å². The van der Waals surface area contributed by atoms with E-state index >= 15 is 0 Å². The molecule has 0 atom stereocenters. The smallest absolute Gasteiger partial charge is 0.243 e. The van der Waals surface area contributed by atoms with Crippen molar-refractivity contribution >= 4 is 15.9 Å². The fourth-order valence-electron chi connectivity index (χ4n) is 2.84. The molecule has 1 fully saturated rings. The Hall–Kier alpha value is -2.32. The van der Waals surface area contributed by atoms with Gasteiger partial charge in [-0.2, -0.15) is 4.31 Å². The van der Waals surface area contributed by atoms with Crippen LogP contribution in [-0.2, 0) is 21.2 Å². The van der Waals surface area contributed by atoms with Crippen molar-refractivity contribution in [3.63, 3.8) is 0 Å². The molecule has 8 heteroatoms. The summed E-state index contributed by atoms with van der Waals surface area (Å²) in [6, 6.07) is 10.1. The van der Waals surface area contributed by atoms with Crippen molar-refractivity contribution in [2.45, 2.75) is 11.3 Å². The van der Waals surface area contributed by atoms with E-state index < -0.39 is 10.0 Å². The summed E-state index contributed by atoms with van der Waals surface area (Å²) in [6.45, 7) is 1.36. The average molecular weight is 363 g/mol. The summed E-state index contributed by atoms with van der Waals surface area (Å²) in [6.07, 6.45) is 2.08. The fourth-order valence-corrected chi connectivity index (χ4v) is 4.30. The van der Waals surface area contributed by atoms with Crippen LogP contribution in [0.5, 0.6) is 5.75 Å². The minimum absolute atomic E-state index is 0.000813. The Morgan fingerprint density at radius 1 is 1.16 bits per heavy atom. The van der Waals surface area contributed by atoms with Gasteiger partial charge in [0.2, 0.25) is 15.9 Å². The first kappa shape index (κ1) is 17.5. The highest BCUT2D eigenvalue weighted by Crippen LogP contribution is 2.22. The Morgan fingerprint density at radius 2 is 1.92 bits per heavy atom. The number of aromatic amines is 1. The topological polar surface area (TPSA) is 82.7 Å². The summed E-state index contributed by atoms with van der Waals surface area (Å²) in [4.78, 5) is 17.2. The lowest BCUT2D eigenvalue weighted by Crippen LogP contribution is -2.50. The van der Waals surface area contributed by atoms with Gasteiger partial charge < -0.3 is 14.6 Å². The molecule has 1 aliphatic rings. The number of sulfonamides is 1. The molecule has 25 heavy (non-hydrogen) atoms. The summed E-state index contributed by atoms with van der Waals surface area (Å²) in [7, 11) is -2.08. The molecule has 0 aliphatic carbocycles. The summed E-state index contributed by atoms with van der Waals surface area (Å²) in [5, 5.41) is 0. The maximum absolute atomic E-state index is 12.8. The van der Waals surface area contributed by atoms with Gasteiger partial charge in [-0.05, 0) is 24.3 Å². The highest BCUT2D eigenvalue weighted by molar-refractivity contribution is 7.89. The Kier molecular flexibility index (Phi) is 5.10. The zero-order valence-electron chi connectivity index (χ0n) is 14.0. The lowest BCUT2D eigenvalue weighted by molar-refractivity contribution is -0.131. The zero-order valence-corrected chi connectivity index (χ0v) is 14.8. The van der Waals surface area contributed by atoms with E-state index in [1.165, 1.54) is 17.5 Å². The lowest BCUT2D eigenvalue weighted by Gasteiger charge is -2.34. The SMILES string of the molecule is COc1cccc(S(=O)(=O)N2CCN(C(=O)Cc3ccc[nH]3)CC2)c1. The van der Waals surface area contributed by atoms with Gasteiger partial charge in [-0.15, -0.1) is 0 Å². The van der Waals surface area contributed by atoms with E-state index in [9.17, 15) is 13.2 Å². The Morgan fingerprint density at radius 3 is 2.56 bits per heavy atom. The van der Waals surface area contributed by atoms with E-state index in [4.69, 9.17) is 4.74 Å². The van der Waals surface area contributed by atoms with Gasteiger partial charge >= 0.3 is 0 Å². The summed E-state index contributed by atoms with van der Waals surface area (Å²) in [5.74, 6) is 0.502. The van der Waals surface area contributed by atoms with Crippen LogP contribution in [0.25, 0.3) is 0 Å². The average Bonchev–Trinajstić information content (AvgIpc) is 3.15. The summed E-state index contributed by atoms with van der Waals surface area (Å²) < 4.78 is 32.0. The first-order chi connectivity index (χ1) is 12.0. The quantitative estimate of drug-likeness (QED) is 0.862. The standard InChI is InChI=1S/C17H21N3O4S/c1-24-15-5-2-6-16(13-15)25(22,23)20-10-8-19(9-11-20)17(21)12-14-4-3-7-18-14/h2-7,13,18H,8-12H2,1H3. The zero-order chi connectivity index (χ0) is 17.9. The van der Waals surface area contributed by atoms with Crippen LogP contribution in [0.1, 0.15) is 5.69 Å². The van der Waals surface area contributed by atoms with Gasteiger partial charge in [0.15, 0.2) is 0 Å². The number of piperazine rings is 1. The molecule has 7 nitrogen and oxygen atoms in total. The number of methoxy groups -OCH3 is 1. The van der Waals surface area contributed by atoms with Crippen molar-refractivity contribution in [3.8, 4) is 5.75 Å². The third-order valence-corrected chi connectivity index (χ3v) is 6.17. The number of carbonyl (C=O) groups is 1. The number of hydrogen-bond donors (Lipinski definition) is 1. The van der Waals surface area contributed by atoms with Gasteiger partial charge in [0.25, 0.3) is 0 Å². The van der Waals surface area contributed by atoms with Crippen LogP contribution in [0.3, 0.4) is 0 Å². The van der Waals surface area contributed by atoms with Gasteiger partial charge in [-0.1, -0.05) is 6.07 Å². The van der Waals surface area contributed by atoms with E-state index in [0.29, 0.717) is 25.3 Å². The van der Waals surface area contributed by atoms with Crippen LogP contribution in [0.4, 0.5) is 0 Å². The second-order valence-corrected chi connectivity index (χ2v) is 7.77. The van der Waals surface area contributed by atoms with Crippen LogP contribution in [0.15, 0.2) is 47.5 Å². The molecule has 0 saturated carbocycles. The molecule has 3 rings (SSSR count). The molecule has 0 unspecified atom stereocenters. The van der Waals surface area contributed by atoms with E-state index in [1.807, 2.05) is 12.1 Å². The molecule has 2 heterocycles. The van der Waals surface area contributed by atoms with Crippen LogP contribution in [0.2, 0.25) is 0 Å². The molecule has 134 valence electrons. The van der Waals surface area contributed by atoms with Gasteiger partial charge in [0.1, 0.15) is 5.75 Å². The maximum Gasteiger partial charge on any atom is 0.243 e. The normalized spacial score (nSPS) is 16.0. The minimum Gasteiger partial charge on any atom is -0.497 e. The molecule has 0 radical (unpaired) electrons. The Labute approximate surface area is 147 Å². The van der Waals surface area contributed by atoms with Gasteiger partial charge in [-0.3, -0.25) is 4.79 Å². The molecule has 1 N–H and O–H groups in total. The molecule has 1 aromatic carbocycles. The summed E-state index contributed by atoms with van der Waals surface area (Å²) in [5.41, 5.74) is 0.858. The number of nitrogens with one attached hydrogen (secondary N) is 1. The van der Waals surface area contributed by atoms with Crippen LogP contribution in [-0.4, -0.2) is 61.8 Å². The monoisotopic (exact) mass is 363 g/mol. The van der Waals surface area contributed by atoms with E-state index in [-0.39, 0.29) is 23.9 Å². The van der Waals surface area contributed by atoms with Crippen LogP contribution in [0, 0.1) is 0 Å². The number of rotatable bonds is 5. The first-order valence-electron chi connectivity index (χ1n) is 8.05. The minimum atomic E-state index is -3.58. The number of H-pyrrole nitrogens is 1. The second kappa shape index (κ2) is 7.28. The lowest BCUT2D eigenvalue weighted by atomic mass is 10.2. The molecular formula is C17H21N3O4S. The molecule has 2 aromatic rings. The third kappa shape index (κ3) is 3.85. The number of hydrogen-bond acceptors (Lipinski definition) is 4. The van der Waals surface area contributed by atoms with Crippen LogP contribution >= 0.6 is 0 Å². The Bertz CT molecular complexity index is 825. The van der Waals surface area contributed by atoms with Crippen molar-refractivity contribution in [3.05, 3.63) is 48.3 Å². The summed E-state index contributed by atoms with van der Waals surface area (Å²) >= 11 is 0. The predicted octanol–water partition coefficient (Wildman–Crippen LogP) is 1.10. The molecule has 0 bridgehead atoms. The van der Waals surface area contributed by atoms with Gasteiger partial charge in [-0.25, -0.2) is 8.42 Å². The van der Waals surface area contributed by atoms with Crippen molar-refractivity contribution in [2.75, 3.05) is 33.3 Å². The van der Waals surface area contributed by atoms with E-state index in [2.05, 4.69) is 4.98 Å². The molecule has 0 spiro atoms. The van der Waals surface area contributed by atoms with Crippen molar-refractivity contribution in [1.82, 2.24) is 14.2 Å². The number of carbonyl (C=O) groups excluding carboxylic acids is 1. The second-order valence-electron chi connectivity index (χ2n) is 5.84. The molecule has 1 aliphatic heterocycles.